The Morgan fingerprint density at radius 2 is 0.951 bits per heavy atom. The first-order valence-electron chi connectivity index (χ1n) is 40.3. The number of carbonyl (C=O) groups excluding carboxylic acids is 2. The second-order valence-electron chi connectivity index (χ2n) is 41.5. The minimum absolute atomic E-state index is 0.0162. The summed E-state index contributed by atoms with van der Waals surface area (Å²) in [6.07, 6.45) is 29.3. The predicted molar refractivity (Wildman–Crippen MR) is 445 cm³/mol. The number of aromatic nitrogens is 1. The number of nitrogens with zero attached hydrogens (tertiary/aromatic N) is 4. The van der Waals surface area contributed by atoms with Crippen molar-refractivity contribution in [1.29, 1.82) is 0 Å². The summed E-state index contributed by atoms with van der Waals surface area (Å²) < 4.78 is 20.5. The van der Waals surface area contributed by atoms with E-state index in [1.807, 2.05) is 64.9 Å². The highest BCUT2D eigenvalue weighted by molar-refractivity contribution is 5.76. The highest BCUT2D eigenvalue weighted by Crippen LogP contribution is 2.39. The molecule has 7 rings (SSSR count). The normalized spacial score (nSPS) is 17.2. The van der Waals surface area contributed by atoms with Crippen LogP contribution >= 0.6 is 0 Å². The number of rotatable bonds is 10. The Hall–Kier alpha value is -3.57. The summed E-state index contributed by atoms with van der Waals surface area (Å²) in [5.74, 6) is 3.04. The molecule has 4 fully saturated rings. The van der Waals surface area contributed by atoms with E-state index in [-0.39, 0.29) is 28.3 Å². The van der Waals surface area contributed by atoms with Gasteiger partial charge in [-0.25, -0.2) is 0 Å². The minimum atomic E-state index is -0.359. The number of likely N-dealkylation sites (tertiary alicyclic amines) is 1. The van der Waals surface area contributed by atoms with E-state index < -0.39 is 0 Å². The van der Waals surface area contributed by atoms with Crippen molar-refractivity contribution in [2.24, 2.45) is 66.5 Å². The zero-order valence-corrected chi connectivity index (χ0v) is 74.0. The minimum Gasteiger partial charge on any atom is -0.460 e. The number of morpholine rings is 1. The number of ether oxygens (including phenoxy) is 4. The van der Waals surface area contributed by atoms with Crippen LogP contribution in [-0.4, -0.2) is 124 Å². The third kappa shape index (κ3) is 59.6. The van der Waals surface area contributed by atoms with Crippen molar-refractivity contribution in [3.05, 3.63) is 89.9 Å². The number of hydrogen-bond acceptors (Lipinski definition) is 9. The molecule has 4 heterocycles. The van der Waals surface area contributed by atoms with Crippen LogP contribution < -0.4 is 0 Å². The van der Waals surface area contributed by atoms with Gasteiger partial charge in [0.1, 0.15) is 5.60 Å². The summed E-state index contributed by atoms with van der Waals surface area (Å²) in [6, 6.07) is 14.7. The molecule has 0 unspecified atom stereocenters. The van der Waals surface area contributed by atoms with Gasteiger partial charge in [-0.3, -0.25) is 14.6 Å². The Morgan fingerprint density at radius 3 is 1.29 bits per heavy atom. The van der Waals surface area contributed by atoms with E-state index in [1.54, 1.807) is 12.7 Å². The number of hydrogen-bond donors (Lipinski definition) is 0. The van der Waals surface area contributed by atoms with Crippen LogP contribution in [0.2, 0.25) is 0 Å². The van der Waals surface area contributed by atoms with Gasteiger partial charge in [0.05, 0.1) is 32.8 Å². The maximum atomic E-state index is 11.7. The average Bonchev–Trinajstić information content (AvgIpc) is 0.876. The van der Waals surface area contributed by atoms with E-state index in [0.717, 1.165) is 63.3 Å². The monoisotopic (exact) mass is 1430 g/mol. The molecule has 2 saturated heterocycles. The molecule has 10 nitrogen and oxygen atoms in total. The summed E-state index contributed by atoms with van der Waals surface area (Å²) in [5.41, 5.74) is 8.52. The van der Waals surface area contributed by atoms with Crippen molar-refractivity contribution in [3.63, 3.8) is 0 Å². The average molecular weight is 1430 g/mol. The molecular weight excluding hydrogens is 1260 g/mol. The number of allylic oxidation sites excluding steroid dienone is 1. The molecule has 10 heteroatoms. The highest BCUT2D eigenvalue weighted by Gasteiger charge is 2.30. The van der Waals surface area contributed by atoms with Gasteiger partial charge in [-0.15, -0.1) is 0 Å². The summed E-state index contributed by atoms with van der Waals surface area (Å²) in [5, 5.41) is 0. The molecule has 1 aromatic carbocycles. The number of likely N-dealkylation sites (N-methyl/N-ethyl adjacent to an activating group) is 1. The largest absolute Gasteiger partial charge is 0.460 e. The lowest BCUT2D eigenvalue weighted by Gasteiger charge is -2.39. The fourth-order valence-corrected chi connectivity index (χ4v) is 12.7. The van der Waals surface area contributed by atoms with Crippen LogP contribution in [0, 0.1) is 66.5 Å². The lowest BCUT2D eigenvalue weighted by Crippen LogP contribution is -2.41. The SMILES string of the molecule is C=C(C)N1CCC(C(C)(C)C)CC1.CC(C)(C)C1CCCCC1.CC(C)(C)C1CCCCC1.CC(C)(C)CC(=O)N1CCOCC1.CC(C)(C)CC(=O)OC(C)(C)C.CC(C)(C)Cc1ccccc1.CC(C)(C)Cc1cccnc1.CN1CC=C(C(C)(C)C)CC1.COCCOCCC(C)(C)C. The lowest BCUT2D eigenvalue weighted by molar-refractivity contribution is -0.157. The zero-order valence-electron chi connectivity index (χ0n) is 74.0. The van der Waals surface area contributed by atoms with E-state index in [4.69, 9.17) is 18.9 Å². The molecule has 0 bridgehead atoms. The molecule has 3 aliphatic heterocycles. The number of esters is 1. The number of piperidine rings is 1. The van der Waals surface area contributed by atoms with Gasteiger partial charge in [-0.1, -0.05) is 280 Å². The topological polar surface area (TPSA) is 93.7 Å². The van der Waals surface area contributed by atoms with Gasteiger partial charge in [-0.05, 0) is 183 Å². The summed E-state index contributed by atoms with van der Waals surface area (Å²) in [7, 11) is 3.86. The van der Waals surface area contributed by atoms with Crippen molar-refractivity contribution in [1.82, 2.24) is 19.7 Å². The fourth-order valence-electron chi connectivity index (χ4n) is 12.7. The quantitative estimate of drug-likeness (QED) is 0.131. The predicted octanol–water partition coefficient (Wildman–Crippen LogP) is 24.9. The number of amides is 1. The summed E-state index contributed by atoms with van der Waals surface area (Å²) in [4.78, 5) is 33.7. The maximum absolute atomic E-state index is 11.7. The molecule has 596 valence electrons. The van der Waals surface area contributed by atoms with Gasteiger partial charge in [0.25, 0.3) is 0 Å². The van der Waals surface area contributed by atoms with Crippen LogP contribution in [-0.2, 0) is 41.4 Å². The Balaban J connectivity index is 0. The molecule has 0 spiro atoms. The van der Waals surface area contributed by atoms with E-state index >= 15 is 0 Å². The van der Waals surface area contributed by atoms with Crippen LogP contribution in [0.4, 0.5) is 0 Å². The van der Waals surface area contributed by atoms with Crippen molar-refractivity contribution in [3.8, 4) is 0 Å². The van der Waals surface area contributed by atoms with Gasteiger partial charge in [0.15, 0.2) is 0 Å². The van der Waals surface area contributed by atoms with E-state index in [1.165, 1.54) is 120 Å². The first kappa shape index (κ1) is 100. The molecule has 0 radical (unpaired) electrons. The van der Waals surface area contributed by atoms with Crippen LogP contribution in [0.25, 0.3) is 0 Å². The molecular formula is C92H172N4O6. The number of benzene rings is 1. The Morgan fingerprint density at radius 1 is 0.510 bits per heavy atom. The van der Waals surface area contributed by atoms with Crippen molar-refractivity contribution in [2.75, 3.05) is 86.5 Å². The zero-order chi connectivity index (χ0) is 79.0. The number of carbonyl (C=O) groups is 2. The Kier molecular flexibility index (Phi) is 47.9. The number of methoxy groups -OCH3 is 1. The fraction of sp³-hybridized carbons (Fsp3) is 0.815. The molecule has 2 saturated carbocycles. The maximum Gasteiger partial charge on any atom is 0.306 e. The van der Waals surface area contributed by atoms with Crippen LogP contribution in [0.1, 0.15) is 328 Å². The van der Waals surface area contributed by atoms with Crippen LogP contribution in [0.15, 0.2) is 78.8 Å². The van der Waals surface area contributed by atoms with Gasteiger partial charge < -0.3 is 33.6 Å². The van der Waals surface area contributed by atoms with Gasteiger partial charge in [-0.2, -0.15) is 0 Å². The molecule has 0 atom stereocenters. The summed E-state index contributed by atoms with van der Waals surface area (Å²) >= 11 is 0. The first-order valence-corrected chi connectivity index (χ1v) is 40.3. The van der Waals surface area contributed by atoms with Gasteiger partial charge in [0.2, 0.25) is 5.91 Å². The third-order valence-corrected chi connectivity index (χ3v) is 18.9. The third-order valence-electron chi connectivity index (χ3n) is 18.9. The van der Waals surface area contributed by atoms with Gasteiger partial charge in [0, 0.05) is 77.5 Å². The van der Waals surface area contributed by atoms with Crippen molar-refractivity contribution < 1.29 is 28.5 Å². The first-order chi connectivity index (χ1) is 46.4. The molecule has 2 aromatic rings. The van der Waals surface area contributed by atoms with Crippen molar-refractivity contribution >= 4 is 11.9 Å². The second-order valence-corrected chi connectivity index (χ2v) is 41.5. The van der Waals surface area contributed by atoms with E-state index in [9.17, 15) is 9.59 Å². The molecule has 102 heavy (non-hydrogen) atoms. The second kappa shape index (κ2) is 48.7. The molecule has 1 aromatic heterocycles. The molecule has 0 N–H and O–H groups in total. The van der Waals surface area contributed by atoms with E-state index in [2.05, 4.69) is 244 Å². The Bertz CT molecular complexity index is 2360. The van der Waals surface area contributed by atoms with Crippen LogP contribution in [0.5, 0.6) is 0 Å². The lowest BCUT2D eigenvalue weighted by atomic mass is 9.72. The highest BCUT2D eigenvalue weighted by atomic mass is 16.6. The standard InChI is InChI=1S/C12H23N.C11H16.C10H19NO2.C10H19N.C10H15N.C10H20O2.2C10H20.C9H20O2/c1-10(2)13-8-6-11(7-9-13)12(3,4)5;1-11(2,3)9-10-7-5-4-6-8-10;1-10(2,3)8-9(12)11-4-6-13-7-5-11;1-10(2,3)9-5-7-11(4)8-6-9;1-10(2,3)7-9-5-4-6-11-8-9;1-9(2,3)7-8(11)12-10(4,5)6;2*1-10(2,3)9-7-5-4-6-8-9;1-9(2,3)5-6-11-8-7-10-4/h11H,1,6-9H2,2-5H3;4-8H,9H2,1-3H3;4-8H2,1-3H3;5H,6-8H2,1-4H3;4-6,8H,7H2,1-3H3;7H2,1-6H3;2*9H,4-8H2,1-3H3;5-8H2,1-4H3. The Labute approximate surface area is 635 Å². The molecule has 5 aliphatic rings. The van der Waals surface area contributed by atoms with Crippen molar-refractivity contribution in [2.45, 2.75) is 336 Å². The smallest absolute Gasteiger partial charge is 0.306 e. The molecule has 1 amide bonds. The number of pyridine rings is 1. The van der Waals surface area contributed by atoms with Gasteiger partial charge >= 0.3 is 5.97 Å². The van der Waals surface area contributed by atoms with E-state index in [0.29, 0.717) is 77.2 Å². The summed E-state index contributed by atoms with van der Waals surface area (Å²) in [6.45, 7) is 82.4. The van der Waals surface area contributed by atoms with Crippen LogP contribution in [0.3, 0.4) is 0 Å². The molecule has 2 aliphatic carbocycles.